The predicted octanol–water partition coefficient (Wildman–Crippen LogP) is 5.60. The molecule has 174 valence electrons. The predicted molar refractivity (Wildman–Crippen MR) is 131 cm³/mol. The number of amides is 1. The first-order valence-electron chi connectivity index (χ1n) is 12.0. The third-order valence-corrected chi connectivity index (χ3v) is 7.73. The van der Waals surface area contributed by atoms with Crippen molar-refractivity contribution in [2.45, 2.75) is 65.3 Å². The summed E-state index contributed by atoms with van der Waals surface area (Å²) in [6.07, 6.45) is 7.82. The number of carbonyl (C=O) groups is 1. The molecule has 33 heavy (non-hydrogen) atoms. The number of imidazole rings is 1. The quantitative estimate of drug-likeness (QED) is 0.513. The number of carbonyl (C=O) groups excluding carboxylic acids is 1. The van der Waals surface area contributed by atoms with Crippen molar-refractivity contribution in [2.24, 2.45) is 10.8 Å². The van der Waals surface area contributed by atoms with Gasteiger partial charge in [-0.15, -0.1) is 0 Å². The zero-order chi connectivity index (χ0) is 23.4. The number of hydrogen-bond donors (Lipinski definition) is 0. The first kappa shape index (κ1) is 22.0. The van der Waals surface area contributed by atoms with E-state index in [1.807, 2.05) is 24.4 Å². The number of aromatic nitrogens is 2. The Morgan fingerprint density at radius 1 is 1.21 bits per heavy atom. The van der Waals surface area contributed by atoms with Crippen LogP contribution in [-0.4, -0.2) is 39.9 Å². The fraction of sp³-hybridized carbons (Fsp3) is 0.500. The van der Waals surface area contributed by atoms with Crippen LogP contribution in [-0.2, 0) is 4.79 Å². The number of nitrogens with zero attached hydrogens (tertiary/aromatic N) is 3. The fourth-order valence-corrected chi connectivity index (χ4v) is 6.72. The molecule has 3 atom stereocenters. The van der Waals surface area contributed by atoms with Gasteiger partial charge in [-0.3, -0.25) is 4.79 Å². The number of ether oxygens (including phenoxy) is 1. The Hall–Kier alpha value is -2.82. The van der Waals surface area contributed by atoms with Crippen LogP contribution in [0.5, 0.6) is 5.75 Å². The lowest BCUT2D eigenvalue weighted by atomic mass is 9.65. The minimum atomic E-state index is -0.0920. The smallest absolute Gasteiger partial charge is 0.223 e. The molecular formula is C28H35N3O2. The van der Waals surface area contributed by atoms with Gasteiger partial charge in [0.05, 0.1) is 12.8 Å². The highest BCUT2D eigenvalue weighted by Crippen LogP contribution is 2.52. The molecule has 0 spiro atoms. The zero-order valence-corrected chi connectivity index (χ0v) is 20.5. The molecule has 0 radical (unpaired) electrons. The summed E-state index contributed by atoms with van der Waals surface area (Å²) in [6.45, 7) is 10.0. The highest BCUT2D eigenvalue weighted by atomic mass is 16.5. The zero-order valence-electron chi connectivity index (χ0n) is 20.5. The first-order chi connectivity index (χ1) is 15.7. The Balaban J connectivity index is 1.51. The minimum absolute atomic E-state index is 0.0920. The molecule has 2 fully saturated rings. The summed E-state index contributed by atoms with van der Waals surface area (Å²) in [6, 6.07) is 12.6. The standard InChI is InChI=1S/C28H35N3O2/c1-19-8-7-11-30-24(16-29-26(19)30)23(20-9-6-10-22(12-20)33-5)13-25(32)31-18-28(4)15-21(31)14-27(2,3)17-28/h6-12,16,21,23H,13-15,17-18H2,1-5H3. The Morgan fingerprint density at radius 2 is 2.03 bits per heavy atom. The van der Waals surface area contributed by atoms with Crippen LogP contribution in [0.4, 0.5) is 0 Å². The second-order valence-electron chi connectivity index (χ2n) is 11.3. The van der Waals surface area contributed by atoms with Gasteiger partial charge < -0.3 is 14.0 Å². The van der Waals surface area contributed by atoms with E-state index in [1.165, 1.54) is 6.42 Å². The summed E-state index contributed by atoms with van der Waals surface area (Å²) >= 11 is 0. The van der Waals surface area contributed by atoms with E-state index in [2.05, 4.69) is 61.4 Å². The van der Waals surface area contributed by atoms with Crippen LogP contribution in [0, 0.1) is 17.8 Å². The summed E-state index contributed by atoms with van der Waals surface area (Å²) in [5.41, 5.74) is 4.72. The van der Waals surface area contributed by atoms with E-state index >= 15 is 0 Å². The Kier molecular flexibility index (Phi) is 5.26. The Bertz CT molecular complexity index is 1200. The number of methoxy groups -OCH3 is 1. The van der Waals surface area contributed by atoms with Crippen molar-refractivity contribution in [3.63, 3.8) is 0 Å². The number of benzene rings is 1. The van der Waals surface area contributed by atoms with Crippen molar-refractivity contribution in [3.05, 3.63) is 65.6 Å². The van der Waals surface area contributed by atoms with Crippen LogP contribution in [0.15, 0.2) is 48.8 Å². The summed E-state index contributed by atoms with van der Waals surface area (Å²) in [7, 11) is 1.68. The third-order valence-electron chi connectivity index (χ3n) is 7.73. The van der Waals surface area contributed by atoms with E-state index in [4.69, 9.17) is 9.72 Å². The number of fused-ring (bicyclic) bond motifs is 3. The van der Waals surface area contributed by atoms with Gasteiger partial charge in [-0.1, -0.05) is 39.0 Å². The maximum absolute atomic E-state index is 13.8. The van der Waals surface area contributed by atoms with E-state index in [0.717, 1.165) is 47.6 Å². The minimum Gasteiger partial charge on any atom is -0.497 e. The van der Waals surface area contributed by atoms with Crippen molar-refractivity contribution in [2.75, 3.05) is 13.7 Å². The van der Waals surface area contributed by atoms with E-state index in [1.54, 1.807) is 7.11 Å². The van der Waals surface area contributed by atoms with Gasteiger partial charge in [-0.2, -0.15) is 0 Å². The van der Waals surface area contributed by atoms with Crippen LogP contribution in [0.25, 0.3) is 5.65 Å². The number of aryl methyl sites for hydroxylation is 1. The molecule has 1 aliphatic carbocycles. The number of likely N-dealkylation sites (tertiary alicyclic amines) is 1. The molecule has 2 bridgehead atoms. The molecule has 5 nitrogen and oxygen atoms in total. The molecule has 1 saturated carbocycles. The topological polar surface area (TPSA) is 46.8 Å². The van der Waals surface area contributed by atoms with E-state index in [-0.39, 0.29) is 22.7 Å². The van der Waals surface area contributed by atoms with Gasteiger partial charge in [0.1, 0.15) is 11.4 Å². The van der Waals surface area contributed by atoms with Gasteiger partial charge in [0, 0.05) is 37.3 Å². The molecule has 2 aliphatic rings. The Labute approximate surface area is 196 Å². The third kappa shape index (κ3) is 4.03. The highest BCUT2D eigenvalue weighted by molar-refractivity contribution is 5.78. The molecule has 3 heterocycles. The van der Waals surface area contributed by atoms with E-state index < -0.39 is 0 Å². The number of hydrogen-bond acceptors (Lipinski definition) is 3. The van der Waals surface area contributed by atoms with Gasteiger partial charge in [0.25, 0.3) is 0 Å². The fourth-order valence-electron chi connectivity index (χ4n) is 6.72. The average Bonchev–Trinajstić information content (AvgIpc) is 3.30. The monoisotopic (exact) mass is 445 g/mol. The lowest BCUT2D eigenvalue weighted by molar-refractivity contribution is -0.132. The number of rotatable bonds is 5. The van der Waals surface area contributed by atoms with Gasteiger partial charge in [-0.05, 0) is 66.3 Å². The maximum atomic E-state index is 13.8. The van der Waals surface area contributed by atoms with Gasteiger partial charge in [0.15, 0.2) is 0 Å². The molecule has 3 unspecified atom stereocenters. The normalized spacial score (nSPS) is 24.8. The molecule has 1 amide bonds. The van der Waals surface area contributed by atoms with Crippen LogP contribution >= 0.6 is 0 Å². The summed E-state index contributed by atoms with van der Waals surface area (Å²) in [4.78, 5) is 20.7. The average molecular weight is 446 g/mol. The molecular weight excluding hydrogens is 410 g/mol. The van der Waals surface area contributed by atoms with E-state index in [9.17, 15) is 4.79 Å². The van der Waals surface area contributed by atoms with Crippen molar-refractivity contribution >= 4 is 11.6 Å². The lowest BCUT2D eigenvalue weighted by Crippen LogP contribution is -2.38. The van der Waals surface area contributed by atoms with Crippen LogP contribution < -0.4 is 4.74 Å². The Morgan fingerprint density at radius 3 is 2.82 bits per heavy atom. The lowest BCUT2D eigenvalue weighted by Gasteiger charge is -2.39. The molecule has 1 aromatic carbocycles. The molecule has 3 aromatic rings. The van der Waals surface area contributed by atoms with Crippen LogP contribution in [0.3, 0.4) is 0 Å². The van der Waals surface area contributed by atoms with Crippen molar-refractivity contribution < 1.29 is 9.53 Å². The SMILES string of the molecule is COc1cccc(C(CC(=O)N2CC3(C)CC2CC(C)(C)C3)c2cnc3c(C)cccn23)c1. The number of pyridine rings is 1. The summed E-state index contributed by atoms with van der Waals surface area (Å²) < 4.78 is 7.65. The summed E-state index contributed by atoms with van der Waals surface area (Å²) in [5, 5.41) is 0. The van der Waals surface area contributed by atoms with Gasteiger partial charge in [-0.25, -0.2) is 4.98 Å². The van der Waals surface area contributed by atoms with E-state index in [0.29, 0.717) is 12.5 Å². The van der Waals surface area contributed by atoms with Crippen molar-refractivity contribution in [1.29, 1.82) is 0 Å². The largest absolute Gasteiger partial charge is 0.497 e. The molecule has 1 aliphatic heterocycles. The van der Waals surface area contributed by atoms with Crippen LogP contribution in [0.1, 0.15) is 69.2 Å². The highest BCUT2D eigenvalue weighted by Gasteiger charge is 2.51. The van der Waals surface area contributed by atoms with Gasteiger partial charge in [0.2, 0.25) is 5.91 Å². The van der Waals surface area contributed by atoms with Crippen LogP contribution in [0.2, 0.25) is 0 Å². The second-order valence-corrected chi connectivity index (χ2v) is 11.3. The molecule has 2 aromatic heterocycles. The first-order valence-corrected chi connectivity index (χ1v) is 12.0. The molecule has 5 rings (SSSR count). The van der Waals surface area contributed by atoms with Crippen molar-refractivity contribution in [1.82, 2.24) is 14.3 Å². The maximum Gasteiger partial charge on any atom is 0.223 e. The molecule has 1 saturated heterocycles. The second kappa shape index (κ2) is 7.89. The van der Waals surface area contributed by atoms with Gasteiger partial charge >= 0.3 is 0 Å². The molecule has 5 heteroatoms. The molecule has 0 N–H and O–H groups in total. The summed E-state index contributed by atoms with van der Waals surface area (Å²) in [5.74, 6) is 0.962. The van der Waals surface area contributed by atoms with Crippen molar-refractivity contribution in [3.8, 4) is 5.75 Å².